The first-order valence-corrected chi connectivity index (χ1v) is 17.2. The average molecular weight is 720 g/mol. The summed E-state index contributed by atoms with van der Waals surface area (Å²) < 4.78 is 18.1. The van der Waals surface area contributed by atoms with Crippen LogP contribution in [0.3, 0.4) is 0 Å². The highest BCUT2D eigenvalue weighted by Gasteiger charge is 2.48. The molecule has 0 bridgehead atoms. The number of esters is 1. The molecule has 4 aromatic rings. The minimum absolute atomic E-state index is 0.0373. The van der Waals surface area contributed by atoms with Crippen LogP contribution < -0.4 is 9.64 Å². The SMILES string of the molecule is COC(=O)[C@@H]1C[C@H](O)CN1C(=O)c1ccc(Cl)c(Cn2cc(-c3cccc4c3[C@H]3C[C@H]3CN4C(=O)OCCOc3cccc(Cl)c3C)cn2)c1. The molecule has 0 spiro atoms. The van der Waals surface area contributed by atoms with Crippen LogP contribution in [0, 0.1) is 12.8 Å². The van der Waals surface area contributed by atoms with Gasteiger partial charge in [0, 0.05) is 52.4 Å². The minimum Gasteiger partial charge on any atom is -0.490 e. The van der Waals surface area contributed by atoms with Gasteiger partial charge in [0.05, 0.1) is 31.6 Å². The molecule has 7 rings (SSSR count). The molecule has 1 saturated heterocycles. The second-order valence-corrected chi connectivity index (χ2v) is 13.7. The Morgan fingerprint density at radius 1 is 1.00 bits per heavy atom. The molecule has 50 heavy (non-hydrogen) atoms. The van der Waals surface area contributed by atoms with E-state index in [-0.39, 0.29) is 26.2 Å². The molecule has 11 nitrogen and oxygen atoms in total. The van der Waals surface area contributed by atoms with Crippen LogP contribution in [0.2, 0.25) is 10.0 Å². The maximum absolute atomic E-state index is 13.4. The van der Waals surface area contributed by atoms with Crippen LogP contribution in [0.5, 0.6) is 5.75 Å². The lowest BCUT2D eigenvalue weighted by molar-refractivity contribution is -0.145. The van der Waals surface area contributed by atoms with Crippen LogP contribution in [0.15, 0.2) is 67.0 Å². The molecule has 1 aromatic heterocycles. The molecule has 4 atom stereocenters. The van der Waals surface area contributed by atoms with Gasteiger partial charge in [-0.05, 0) is 78.3 Å². The van der Waals surface area contributed by atoms with E-state index in [0.717, 1.165) is 34.4 Å². The number of aliphatic hydroxyl groups is 1. The standard InChI is InChI=1S/C37H36Cl2N4O7/c1-21-29(38)6-4-8-33(21)49-11-12-50-37(47)43-19-23-14-28(23)34-27(5-3-7-31(34)43)25-16-40-41(18-25)17-24-13-22(9-10-30(24)39)35(45)42-20-26(44)15-32(42)36(46)48-2/h3-10,13,16,18,23,26,28,32,44H,11-12,14-15,17,19-20H2,1-2H3/t23-,26-,28-,32-/m0/s1. The number of aromatic nitrogens is 2. The molecule has 13 heteroatoms. The van der Waals surface area contributed by atoms with E-state index in [1.54, 1.807) is 40.0 Å². The Morgan fingerprint density at radius 3 is 2.64 bits per heavy atom. The second kappa shape index (κ2) is 14.0. The summed E-state index contributed by atoms with van der Waals surface area (Å²) in [7, 11) is 1.26. The van der Waals surface area contributed by atoms with E-state index in [1.165, 1.54) is 12.0 Å². The molecule has 1 saturated carbocycles. The van der Waals surface area contributed by atoms with Gasteiger partial charge in [0.1, 0.15) is 25.0 Å². The lowest BCUT2D eigenvalue weighted by atomic mass is 9.93. The molecule has 3 aromatic carbocycles. The van der Waals surface area contributed by atoms with Crippen LogP contribution in [-0.4, -0.2) is 83.3 Å². The molecule has 260 valence electrons. The zero-order valence-electron chi connectivity index (χ0n) is 27.6. The van der Waals surface area contributed by atoms with E-state index in [2.05, 4.69) is 5.10 Å². The van der Waals surface area contributed by atoms with Gasteiger partial charge >= 0.3 is 12.1 Å². The number of carbonyl (C=O) groups is 3. The largest absolute Gasteiger partial charge is 0.490 e. The topological polar surface area (TPSA) is 123 Å². The van der Waals surface area contributed by atoms with Crippen molar-refractivity contribution >= 4 is 46.9 Å². The zero-order valence-corrected chi connectivity index (χ0v) is 29.1. The van der Waals surface area contributed by atoms with Crippen molar-refractivity contribution in [2.24, 2.45) is 5.92 Å². The van der Waals surface area contributed by atoms with E-state index in [0.29, 0.717) is 51.8 Å². The fraction of sp³-hybridized carbons (Fsp3) is 0.351. The fourth-order valence-electron chi connectivity index (χ4n) is 7.00. The number of amides is 2. The lowest BCUT2D eigenvalue weighted by Crippen LogP contribution is -2.41. The van der Waals surface area contributed by atoms with Gasteiger partial charge in [-0.1, -0.05) is 41.4 Å². The highest BCUT2D eigenvalue weighted by molar-refractivity contribution is 6.31. The van der Waals surface area contributed by atoms with Gasteiger partial charge in [-0.2, -0.15) is 5.10 Å². The number of rotatable bonds is 9. The molecule has 0 radical (unpaired) electrons. The number of halogens is 2. The summed E-state index contributed by atoms with van der Waals surface area (Å²) in [5.41, 5.74) is 5.67. The third-order valence-corrected chi connectivity index (χ3v) is 10.4. The first kappa shape index (κ1) is 33.9. The minimum atomic E-state index is -0.853. The van der Waals surface area contributed by atoms with E-state index in [4.69, 9.17) is 37.4 Å². The van der Waals surface area contributed by atoms with E-state index in [9.17, 15) is 19.5 Å². The monoisotopic (exact) mass is 718 g/mol. The van der Waals surface area contributed by atoms with Gasteiger partial charge in [-0.15, -0.1) is 0 Å². The van der Waals surface area contributed by atoms with Crippen LogP contribution >= 0.6 is 23.2 Å². The molecule has 2 aliphatic heterocycles. The molecular weight excluding hydrogens is 683 g/mol. The smallest absolute Gasteiger partial charge is 0.414 e. The number of methoxy groups -OCH3 is 1. The fourth-order valence-corrected chi connectivity index (χ4v) is 7.34. The zero-order chi connectivity index (χ0) is 35.1. The molecule has 3 heterocycles. The van der Waals surface area contributed by atoms with Gasteiger partial charge in [0.2, 0.25) is 0 Å². The predicted octanol–water partition coefficient (Wildman–Crippen LogP) is 6.10. The molecule has 0 unspecified atom stereocenters. The van der Waals surface area contributed by atoms with E-state index in [1.807, 2.05) is 43.5 Å². The van der Waals surface area contributed by atoms with Crippen LogP contribution in [0.25, 0.3) is 11.1 Å². The molecule has 2 fully saturated rings. The van der Waals surface area contributed by atoms with Crippen molar-refractivity contribution in [2.75, 3.05) is 38.3 Å². The Hall–Kier alpha value is -4.58. The van der Waals surface area contributed by atoms with Gasteiger partial charge in [0.25, 0.3) is 5.91 Å². The first-order valence-electron chi connectivity index (χ1n) is 16.5. The van der Waals surface area contributed by atoms with Crippen molar-refractivity contribution in [3.8, 4) is 16.9 Å². The maximum atomic E-state index is 13.4. The number of ether oxygens (including phenoxy) is 3. The maximum Gasteiger partial charge on any atom is 0.414 e. The third-order valence-electron chi connectivity index (χ3n) is 9.67. The first-order chi connectivity index (χ1) is 24.1. The van der Waals surface area contributed by atoms with E-state index < -0.39 is 30.1 Å². The summed E-state index contributed by atoms with van der Waals surface area (Å²) in [6, 6.07) is 15.5. The quantitative estimate of drug-likeness (QED) is 0.163. The number of carbonyl (C=O) groups excluding carboxylic acids is 3. The number of hydrogen-bond acceptors (Lipinski definition) is 8. The Kier molecular flexibility index (Phi) is 9.47. The highest BCUT2D eigenvalue weighted by Crippen LogP contribution is 2.57. The summed E-state index contributed by atoms with van der Waals surface area (Å²) >= 11 is 12.8. The van der Waals surface area contributed by atoms with Crippen molar-refractivity contribution < 1.29 is 33.7 Å². The number of aliphatic hydroxyl groups excluding tert-OH is 1. The van der Waals surface area contributed by atoms with Crippen molar-refractivity contribution in [3.05, 3.63) is 99.3 Å². The molecule has 3 aliphatic rings. The Morgan fingerprint density at radius 2 is 1.82 bits per heavy atom. The molecule has 2 amide bonds. The van der Waals surface area contributed by atoms with Crippen LogP contribution in [-0.2, 0) is 20.8 Å². The van der Waals surface area contributed by atoms with Gasteiger partial charge in [0.15, 0.2) is 0 Å². The molecule has 1 aliphatic carbocycles. The number of benzene rings is 3. The number of nitrogens with zero attached hydrogens (tertiary/aromatic N) is 4. The average Bonchev–Trinajstić information content (AvgIpc) is 3.58. The number of anilines is 1. The number of fused-ring (bicyclic) bond motifs is 3. The summed E-state index contributed by atoms with van der Waals surface area (Å²) in [6.07, 6.45) is 3.59. The summed E-state index contributed by atoms with van der Waals surface area (Å²) in [5.74, 6) is 0.396. The predicted molar refractivity (Wildman–Crippen MR) is 187 cm³/mol. The van der Waals surface area contributed by atoms with Crippen molar-refractivity contribution in [3.63, 3.8) is 0 Å². The number of hydrogen-bond donors (Lipinski definition) is 1. The summed E-state index contributed by atoms with van der Waals surface area (Å²) in [4.78, 5) is 42.1. The summed E-state index contributed by atoms with van der Waals surface area (Å²) in [5, 5.41) is 15.8. The van der Waals surface area contributed by atoms with Crippen molar-refractivity contribution in [2.45, 2.75) is 44.4 Å². The Bertz CT molecular complexity index is 1970. The Balaban J connectivity index is 1.05. The van der Waals surface area contributed by atoms with Gasteiger partial charge in [-0.25, -0.2) is 9.59 Å². The van der Waals surface area contributed by atoms with Crippen molar-refractivity contribution in [1.29, 1.82) is 0 Å². The van der Waals surface area contributed by atoms with E-state index >= 15 is 0 Å². The van der Waals surface area contributed by atoms with Gasteiger partial charge in [-0.3, -0.25) is 14.4 Å². The number of β-amino-alcohol motifs (C(OH)–C–C–N with tert-alkyl or cyclic N) is 1. The Labute approximate surface area is 299 Å². The van der Waals surface area contributed by atoms with Crippen LogP contribution in [0.1, 0.15) is 45.8 Å². The lowest BCUT2D eigenvalue weighted by Gasteiger charge is -2.29. The summed E-state index contributed by atoms with van der Waals surface area (Å²) in [6.45, 7) is 3.10. The molecule has 1 N–H and O–H groups in total. The van der Waals surface area contributed by atoms with Crippen molar-refractivity contribution in [1.82, 2.24) is 14.7 Å². The highest BCUT2D eigenvalue weighted by atomic mass is 35.5. The van der Waals surface area contributed by atoms with Gasteiger partial charge < -0.3 is 24.2 Å². The molecular formula is C37H36Cl2N4O7. The number of likely N-dealkylation sites (tertiary alicyclic amines) is 1. The third kappa shape index (κ3) is 6.65. The van der Waals surface area contributed by atoms with Crippen LogP contribution in [0.4, 0.5) is 10.5 Å². The normalized spacial score (nSPS) is 20.6. The second-order valence-electron chi connectivity index (χ2n) is 12.9.